The van der Waals surface area contributed by atoms with Crippen LogP contribution in [0.15, 0.2) is 30.6 Å². The monoisotopic (exact) mass is 350 g/mol. The quantitative estimate of drug-likeness (QED) is 0.920. The summed E-state index contributed by atoms with van der Waals surface area (Å²) in [6.45, 7) is 0.513. The van der Waals surface area contributed by atoms with E-state index in [2.05, 4.69) is 21.5 Å². The SMILES string of the molecule is Cn1nc(CNC(=O)C23CC4CC(CC(C4)C2)C3)cc1-c1ccncc1. The highest BCUT2D eigenvalue weighted by atomic mass is 16.2. The first-order chi connectivity index (χ1) is 12.6. The second kappa shape index (κ2) is 5.93. The number of pyridine rings is 1. The number of aromatic nitrogens is 3. The Labute approximate surface area is 154 Å². The lowest BCUT2D eigenvalue weighted by atomic mass is 9.49. The van der Waals surface area contributed by atoms with Gasteiger partial charge >= 0.3 is 0 Å². The summed E-state index contributed by atoms with van der Waals surface area (Å²) < 4.78 is 1.88. The molecule has 1 N–H and O–H groups in total. The molecule has 2 heterocycles. The summed E-state index contributed by atoms with van der Waals surface area (Å²) >= 11 is 0. The predicted molar refractivity (Wildman–Crippen MR) is 98.9 cm³/mol. The molecular weight excluding hydrogens is 324 g/mol. The van der Waals surface area contributed by atoms with Crippen LogP contribution in [0.25, 0.3) is 11.3 Å². The van der Waals surface area contributed by atoms with Gasteiger partial charge in [0.2, 0.25) is 5.91 Å². The number of hydrogen-bond donors (Lipinski definition) is 1. The Hall–Kier alpha value is -2.17. The highest BCUT2D eigenvalue weighted by molar-refractivity contribution is 5.83. The van der Waals surface area contributed by atoms with Gasteiger partial charge in [-0.2, -0.15) is 5.10 Å². The number of rotatable bonds is 4. The van der Waals surface area contributed by atoms with E-state index in [0.29, 0.717) is 6.54 Å². The molecule has 0 aliphatic heterocycles. The Bertz CT molecular complexity index is 791. The van der Waals surface area contributed by atoms with Crippen LogP contribution in [-0.2, 0) is 18.4 Å². The van der Waals surface area contributed by atoms with Crippen molar-refractivity contribution < 1.29 is 4.79 Å². The van der Waals surface area contributed by atoms with Gasteiger partial charge in [-0.1, -0.05) is 0 Å². The van der Waals surface area contributed by atoms with Crippen LogP contribution in [0.5, 0.6) is 0 Å². The lowest BCUT2D eigenvalue weighted by Crippen LogP contribution is -2.53. The van der Waals surface area contributed by atoms with Crippen LogP contribution in [0.1, 0.15) is 44.2 Å². The average Bonchev–Trinajstić information content (AvgIpc) is 3.00. The highest BCUT2D eigenvalue weighted by Crippen LogP contribution is 2.60. The molecule has 0 radical (unpaired) electrons. The first-order valence-corrected chi connectivity index (χ1v) is 9.83. The summed E-state index contributed by atoms with van der Waals surface area (Å²) in [5.41, 5.74) is 2.97. The van der Waals surface area contributed by atoms with Crippen molar-refractivity contribution in [3.8, 4) is 11.3 Å². The summed E-state index contributed by atoms with van der Waals surface area (Å²) in [6, 6.07) is 6.03. The number of carbonyl (C=O) groups is 1. The summed E-state index contributed by atoms with van der Waals surface area (Å²) in [6.07, 6.45) is 11.0. The number of amides is 1. The van der Waals surface area contributed by atoms with E-state index in [1.54, 1.807) is 12.4 Å². The smallest absolute Gasteiger partial charge is 0.226 e. The Morgan fingerprint density at radius 1 is 1.15 bits per heavy atom. The predicted octanol–water partition coefficient (Wildman–Crippen LogP) is 3.31. The molecule has 4 aliphatic rings. The van der Waals surface area contributed by atoms with Crippen molar-refractivity contribution in [2.75, 3.05) is 0 Å². The fourth-order valence-corrected chi connectivity index (χ4v) is 6.15. The van der Waals surface area contributed by atoms with Gasteiger partial charge in [0.15, 0.2) is 0 Å². The molecule has 2 aromatic heterocycles. The van der Waals surface area contributed by atoms with Crippen LogP contribution >= 0.6 is 0 Å². The molecule has 4 fully saturated rings. The zero-order valence-corrected chi connectivity index (χ0v) is 15.3. The number of carbonyl (C=O) groups excluding carboxylic acids is 1. The lowest BCUT2D eigenvalue weighted by Gasteiger charge is -2.55. The maximum absolute atomic E-state index is 13.1. The molecule has 26 heavy (non-hydrogen) atoms. The van der Waals surface area contributed by atoms with Gasteiger partial charge in [-0.05, 0) is 74.5 Å². The Balaban J connectivity index is 1.29. The minimum absolute atomic E-state index is 0.0859. The number of nitrogens with zero attached hydrogens (tertiary/aromatic N) is 3. The van der Waals surface area contributed by atoms with E-state index in [4.69, 9.17) is 0 Å². The molecule has 4 saturated carbocycles. The van der Waals surface area contributed by atoms with Gasteiger partial charge in [0.05, 0.1) is 17.9 Å². The molecule has 4 bridgehead atoms. The third-order valence-corrected chi connectivity index (χ3v) is 6.86. The molecule has 0 saturated heterocycles. The molecule has 136 valence electrons. The van der Waals surface area contributed by atoms with Gasteiger partial charge in [-0.3, -0.25) is 14.5 Å². The molecule has 0 atom stereocenters. The van der Waals surface area contributed by atoms with Crippen molar-refractivity contribution in [1.29, 1.82) is 0 Å². The Morgan fingerprint density at radius 2 is 1.77 bits per heavy atom. The minimum atomic E-state index is -0.0859. The second-order valence-electron chi connectivity index (χ2n) is 8.76. The lowest BCUT2D eigenvalue weighted by molar-refractivity contribution is -0.146. The average molecular weight is 350 g/mol. The maximum atomic E-state index is 13.1. The van der Waals surface area contributed by atoms with E-state index in [1.807, 2.05) is 23.9 Å². The number of nitrogens with one attached hydrogen (secondary N) is 1. The maximum Gasteiger partial charge on any atom is 0.226 e. The van der Waals surface area contributed by atoms with Gasteiger partial charge in [0.1, 0.15) is 0 Å². The summed E-state index contributed by atoms with van der Waals surface area (Å²) in [5, 5.41) is 7.81. The fraction of sp³-hybridized carbons (Fsp3) is 0.571. The van der Waals surface area contributed by atoms with Gasteiger partial charge < -0.3 is 5.32 Å². The third kappa shape index (κ3) is 2.65. The third-order valence-electron chi connectivity index (χ3n) is 6.86. The molecule has 1 amide bonds. The number of aryl methyl sites for hydroxylation is 1. The van der Waals surface area contributed by atoms with E-state index in [1.165, 1.54) is 19.3 Å². The van der Waals surface area contributed by atoms with Gasteiger partial charge in [0.25, 0.3) is 0 Å². The highest BCUT2D eigenvalue weighted by Gasteiger charge is 2.54. The largest absolute Gasteiger partial charge is 0.350 e. The first kappa shape index (κ1) is 16.0. The first-order valence-electron chi connectivity index (χ1n) is 9.83. The minimum Gasteiger partial charge on any atom is -0.350 e. The molecule has 0 aromatic carbocycles. The molecule has 5 heteroatoms. The molecule has 0 unspecified atom stereocenters. The van der Waals surface area contributed by atoms with Crippen molar-refractivity contribution in [3.63, 3.8) is 0 Å². The molecule has 6 rings (SSSR count). The van der Waals surface area contributed by atoms with Gasteiger partial charge in [-0.25, -0.2) is 0 Å². The van der Waals surface area contributed by atoms with Crippen molar-refractivity contribution in [2.24, 2.45) is 30.2 Å². The topological polar surface area (TPSA) is 59.8 Å². The molecule has 2 aromatic rings. The van der Waals surface area contributed by atoms with Crippen LogP contribution in [0.3, 0.4) is 0 Å². The summed E-state index contributed by atoms with van der Waals surface area (Å²) in [7, 11) is 1.94. The zero-order valence-electron chi connectivity index (χ0n) is 15.3. The Kier molecular flexibility index (Phi) is 3.66. The van der Waals surface area contributed by atoms with Crippen LogP contribution in [-0.4, -0.2) is 20.7 Å². The van der Waals surface area contributed by atoms with Crippen LogP contribution < -0.4 is 5.32 Å². The second-order valence-corrected chi connectivity index (χ2v) is 8.76. The fourth-order valence-electron chi connectivity index (χ4n) is 6.15. The Morgan fingerprint density at radius 3 is 2.38 bits per heavy atom. The van der Waals surface area contributed by atoms with Gasteiger partial charge in [-0.15, -0.1) is 0 Å². The van der Waals surface area contributed by atoms with E-state index in [0.717, 1.165) is 54.0 Å². The van der Waals surface area contributed by atoms with Gasteiger partial charge in [0, 0.05) is 30.4 Å². The molecule has 0 spiro atoms. The molecule has 5 nitrogen and oxygen atoms in total. The van der Waals surface area contributed by atoms with E-state index in [9.17, 15) is 4.79 Å². The van der Waals surface area contributed by atoms with Crippen LogP contribution in [0, 0.1) is 23.2 Å². The van der Waals surface area contributed by atoms with Crippen molar-refractivity contribution in [1.82, 2.24) is 20.1 Å². The summed E-state index contributed by atoms with van der Waals surface area (Å²) in [4.78, 5) is 17.1. The number of hydrogen-bond acceptors (Lipinski definition) is 3. The van der Waals surface area contributed by atoms with E-state index < -0.39 is 0 Å². The van der Waals surface area contributed by atoms with Crippen LogP contribution in [0.2, 0.25) is 0 Å². The van der Waals surface area contributed by atoms with E-state index >= 15 is 0 Å². The van der Waals surface area contributed by atoms with Crippen LogP contribution in [0.4, 0.5) is 0 Å². The standard InChI is InChI=1S/C21H26N4O/c1-25-19(17-2-4-22-5-3-17)9-18(24-25)13-23-20(26)21-10-14-6-15(11-21)8-16(7-14)12-21/h2-5,9,14-16H,6-8,10-13H2,1H3,(H,23,26). The normalized spacial score (nSPS) is 32.0. The molecular formula is C21H26N4O. The molecule has 4 aliphatic carbocycles. The van der Waals surface area contributed by atoms with Crippen molar-refractivity contribution in [2.45, 2.75) is 45.1 Å². The van der Waals surface area contributed by atoms with E-state index in [-0.39, 0.29) is 11.3 Å². The summed E-state index contributed by atoms with van der Waals surface area (Å²) in [5.74, 6) is 2.65. The zero-order chi connectivity index (χ0) is 17.7. The van der Waals surface area contributed by atoms with Crippen molar-refractivity contribution >= 4 is 5.91 Å². The van der Waals surface area contributed by atoms with Crippen molar-refractivity contribution in [3.05, 3.63) is 36.3 Å².